The van der Waals surface area contributed by atoms with Crippen LogP contribution in [-0.2, 0) is 44.9 Å². The Labute approximate surface area is 269 Å². The van der Waals surface area contributed by atoms with E-state index in [9.17, 15) is 0 Å². The molecule has 0 bridgehead atoms. The molecule has 0 spiro atoms. The van der Waals surface area contributed by atoms with Crippen LogP contribution in [0.3, 0.4) is 0 Å². The molecule has 2 aliphatic carbocycles. The predicted molar refractivity (Wildman–Crippen MR) is 168 cm³/mol. The maximum Gasteiger partial charge on any atom is -1.00 e. The van der Waals surface area contributed by atoms with Crippen molar-refractivity contribution in [3.05, 3.63) is 109 Å². The average Bonchev–Trinajstić information content (AvgIpc) is 3.49. The summed E-state index contributed by atoms with van der Waals surface area (Å²) in [7, 11) is 0. The second kappa shape index (κ2) is 12.6. The molecule has 0 saturated carbocycles. The zero-order valence-corrected chi connectivity index (χ0v) is 30.4. The zero-order chi connectivity index (χ0) is 28.2. The molecule has 0 N–H and O–H groups in total. The topological polar surface area (TPSA) is 0 Å². The second-order valence-electron chi connectivity index (χ2n) is 14.7. The van der Waals surface area contributed by atoms with Crippen molar-refractivity contribution in [2.24, 2.45) is 5.41 Å². The predicted octanol–water partition coefficient (Wildman–Crippen LogP) is 3.41. The summed E-state index contributed by atoms with van der Waals surface area (Å²) in [6.07, 6.45) is 8.40. The molecule has 0 aliphatic heterocycles. The largest absolute Gasteiger partial charge is 1.00 e. The van der Waals surface area contributed by atoms with Crippen LogP contribution in [0.2, 0.25) is 0 Å². The van der Waals surface area contributed by atoms with Crippen LogP contribution in [0.15, 0.2) is 81.7 Å². The second-order valence-corrected chi connectivity index (χ2v) is 20.5. The van der Waals surface area contributed by atoms with Crippen molar-refractivity contribution in [1.82, 2.24) is 0 Å². The normalized spacial score (nSPS) is 14.5. The van der Waals surface area contributed by atoms with Gasteiger partial charge in [0.1, 0.15) is 0 Å². The zero-order valence-electron chi connectivity index (χ0n) is 26.4. The third-order valence-corrected chi connectivity index (χ3v) is 15.3. The van der Waals surface area contributed by atoms with Gasteiger partial charge in [-0.05, 0) is 0 Å². The van der Waals surface area contributed by atoms with Crippen LogP contribution >= 0.6 is 0 Å². The van der Waals surface area contributed by atoms with Crippen molar-refractivity contribution in [2.75, 3.05) is 0 Å². The number of halogens is 2. The van der Waals surface area contributed by atoms with Crippen LogP contribution in [0, 0.1) is 5.41 Å². The quantitative estimate of drug-likeness (QED) is 0.314. The van der Waals surface area contributed by atoms with Crippen molar-refractivity contribution in [1.29, 1.82) is 0 Å². The molecular formula is C38H46Cl2Zr. The smallest absolute Gasteiger partial charge is 1.00 e. The molecule has 3 aromatic rings. The van der Waals surface area contributed by atoms with Crippen LogP contribution < -0.4 is 28.1 Å². The molecule has 0 unspecified atom stereocenters. The Morgan fingerprint density at radius 3 is 1.98 bits per heavy atom. The number of benzene rings is 3. The van der Waals surface area contributed by atoms with E-state index in [2.05, 4.69) is 139 Å². The molecule has 216 valence electrons. The van der Waals surface area contributed by atoms with E-state index in [1.807, 2.05) is 0 Å². The van der Waals surface area contributed by atoms with Gasteiger partial charge in [0.05, 0.1) is 0 Å². The van der Waals surface area contributed by atoms with E-state index in [0.29, 0.717) is 0 Å². The number of fused-ring (bicyclic) bond motifs is 3. The van der Waals surface area contributed by atoms with Gasteiger partial charge >= 0.3 is 247 Å². The Hall–Kier alpha value is -1.53. The third-order valence-electron chi connectivity index (χ3n) is 8.49. The average molecular weight is 665 g/mol. The van der Waals surface area contributed by atoms with Gasteiger partial charge in [-0.25, -0.2) is 0 Å². The first-order chi connectivity index (χ1) is 18.2. The van der Waals surface area contributed by atoms with Gasteiger partial charge in [-0.2, -0.15) is 0 Å². The van der Waals surface area contributed by atoms with E-state index in [1.165, 1.54) is 33.4 Å². The molecule has 2 aliphatic rings. The van der Waals surface area contributed by atoms with E-state index in [4.69, 9.17) is 0 Å². The van der Waals surface area contributed by atoms with Gasteiger partial charge in [0.15, 0.2) is 0 Å². The summed E-state index contributed by atoms with van der Waals surface area (Å²) in [5.74, 6) is 0. The molecule has 0 fully saturated rings. The van der Waals surface area contributed by atoms with Gasteiger partial charge in [-0.15, -0.1) is 0 Å². The number of allylic oxidation sites excluding steroid dienone is 4. The maximum atomic E-state index is 2.80. The standard InChI is InChI=1S/C21H25.C9H13.C8H8.2ClH.Zr/c1-20(2,3)16-7-9-18-14(12-16)11-15-13-17(21(4,5)6)8-10-19(15)18;1-9(2,3)8-6-4-5-7-8;1-2-8-6-4-3-5-7-8;;;/h7-10,12H,11H2,1-6H3;6-7H,4H2,1-3H3;1,3-7H,2H2;2*1H;/q;;;;;+2/p-2. The van der Waals surface area contributed by atoms with Gasteiger partial charge < -0.3 is 24.8 Å². The first kappa shape index (κ1) is 34.0. The van der Waals surface area contributed by atoms with Crippen molar-refractivity contribution >= 4 is 6.98 Å². The van der Waals surface area contributed by atoms with E-state index in [-0.39, 0.29) is 41.1 Å². The van der Waals surface area contributed by atoms with Crippen LogP contribution in [0.25, 0.3) is 11.1 Å². The molecule has 0 atom stereocenters. The molecule has 0 aromatic heterocycles. The monoisotopic (exact) mass is 662 g/mol. The number of hydrogen-bond acceptors (Lipinski definition) is 0. The fraction of sp³-hybridized carbons (Fsp3) is 0.395. The van der Waals surface area contributed by atoms with E-state index >= 15 is 0 Å². The van der Waals surface area contributed by atoms with Crippen LogP contribution in [0.1, 0.15) is 96.6 Å². The van der Waals surface area contributed by atoms with Crippen molar-refractivity contribution in [3.63, 3.8) is 0 Å². The molecule has 0 radical (unpaired) electrons. The summed E-state index contributed by atoms with van der Waals surface area (Å²) in [5, 5.41) is 0. The van der Waals surface area contributed by atoms with E-state index in [1.54, 1.807) is 17.7 Å². The molecule has 41 heavy (non-hydrogen) atoms. The van der Waals surface area contributed by atoms with Gasteiger partial charge in [-0.3, -0.25) is 0 Å². The van der Waals surface area contributed by atoms with Gasteiger partial charge in [-0.1, -0.05) is 0 Å². The Kier molecular flexibility index (Phi) is 10.4. The van der Waals surface area contributed by atoms with Crippen LogP contribution in [0.4, 0.5) is 0 Å². The molecule has 3 aromatic carbocycles. The summed E-state index contributed by atoms with van der Waals surface area (Å²) in [6, 6.07) is 23.3. The number of rotatable bonds is 4. The Morgan fingerprint density at radius 1 is 0.732 bits per heavy atom. The Bertz CT molecular complexity index is 1500. The molecule has 5 rings (SSSR count). The van der Waals surface area contributed by atoms with Gasteiger partial charge in [0, 0.05) is 0 Å². The fourth-order valence-corrected chi connectivity index (χ4v) is 13.9. The summed E-state index contributed by atoms with van der Waals surface area (Å²) in [5.41, 5.74) is 12.5. The minimum Gasteiger partial charge on any atom is -1.00 e. The van der Waals surface area contributed by atoms with Crippen molar-refractivity contribution < 1.29 is 46.1 Å². The van der Waals surface area contributed by atoms with E-state index in [0.717, 1.165) is 19.3 Å². The molecular weight excluding hydrogens is 619 g/mol. The maximum absolute atomic E-state index is 2.80. The third kappa shape index (κ3) is 7.17. The molecule has 0 nitrogen and oxygen atoms in total. The van der Waals surface area contributed by atoms with E-state index < -0.39 is 21.3 Å². The molecule has 3 heteroatoms. The van der Waals surface area contributed by atoms with Crippen LogP contribution in [-0.4, -0.2) is 3.71 Å². The van der Waals surface area contributed by atoms with Crippen LogP contribution in [0.5, 0.6) is 0 Å². The summed E-state index contributed by atoms with van der Waals surface area (Å²) < 4.78 is 6.29. The molecule has 0 amide bonds. The Morgan fingerprint density at radius 2 is 1.39 bits per heavy atom. The Balaban J connectivity index is 0.00000231. The molecule has 0 saturated heterocycles. The minimum atomic E-state index is -2.39. The summed E-state index contributed by atoms with van der Waals surface area (Å²) in [4.78, 5) is 0. The first-order valence-electron chi connectivity index (χ1n) is 14.7. The first-order valence-corrected chi connectivity index (χ1v) is 18.6. The summed E-state index contributed by atoms with van der Waals surface area (Å²) >= 11 is -2.39. The van der Waals surface area contributed by atoms with Crippen molar-refractivity contribution in [2.45, 2.75) is 92.4 Å². The fourth-order valence-electron chi connectivity index (χ4n) is 6.14. The van der Waals surface area contributed by atoms with Gasteiger partial charge in [0.25, 0.3) is 0 Å². The number of hydrogen-bond donors (Lipinski definition) is 0. The van der Waals surface area contributed by atoms with Gasteiger partial charge in [0.2, 0.25) is 0 Å². The molecule has 0 heterocycles. The summed E-state index contributed by atoms with van der Waals surface area (Å²) in [6.45, 7) is 21.3. The SMILES string of the molecule is CC(C)(C)C1=CC[C]([Zr+2](=[CH]Cc2ccccc2)[c]2c(C(C)(C)C)ccc3c2Cc2cc(C(C)(C)C)ccc2-3)=C1.[Cl-].[Cl-]. The minimum absolute atomic E-state index is 0. The van der Waals surface area contributed by atoms with Crippen molar-refractivity contribution in [3.8, 4) is 11.1 Å².